The van der Waals surface area contributed by atoms with Crippen LogP contribution in [0.5, 0.6) is 23.0 Å². The molecular formula is C46H57NO11Si. The molecule has 59 heavy (non-hydrogen) atoms. The molecule has 1 atom stereocenters. The number of ether oxygens (including phenoxy) is 5. The molecule has 0 spiro atoms. The Labute approximate surface area is 348 Å². The zero-order valence-corrected chi connectivity index (χ0v) is 36.0. The molecule has 1 aliphatic rings. The van der Waals surface area contributed by atoms with Crippen LogP contribution in [0.15, 0.2) is 97.1 Å². The highest BCUT2D eigenvalue weighted by atomic mass is 28.4. The predicted octanol–water partition coefficient (Wildman–Crippen LogP) is 9.53. The molecule has 1 aliphatic carbocycles. The maximum Gasteiger partial charge on any atom is 0.519 e. The lowest BCUT2D eigenvalue weighted by atomic mass is 9.65. The van der Waals surface area contributed by atoms with Crippen LogP contribution in [0.4, 0.5) is 9.59 Å². The lowest BCUT2D eigenvalue weighted by molar-refractivity contribution is -0.131. The summed E-state index contributed by atoms with van der Waals surface area (Å²) in [6.07, 6.45) is 5.91. The molecule has 0 bridgehead atoms. The van der Waals surface area contributed by atoms with Gasteiger partial charge in [0.1, 0.15) is 23.0 Å². The van der Waals surface area contributed by atoms with E-state index in [0.29, 0.717) is 49.1 Å². The van der Waals surface area contributed by atoms with Crippen molar-refractivity contribution in [1.29, 1.82) is 0 Å². The third-order valence-electron chi connectivity index (χ3n) is 11.3. The van der Waals surface area contributed by atoms with Gasteiger partial charge in [-0.05, 0) is 103 Å². The lowest BCUT2D eigenvalue weighted by Gasteiger charge is -2.38. The maximum absolute atomic E-state index is 13.0. The van der Waals surface area contributed by atoms with Crippen LogP contribution in [-0.2, 0) is 33.6 Å². The van der Waals surface area contributed by atoms with Crippen LogP contribution in [0.1, 0.15) is 87.5 Å². The first-order valence-corrected chi connectivity index (χ1v) is 22.0. The maximum atomic E-state index is 13.0. The minimum absolute atomic E-state index is 0.189. The number of methoxy groups -OCH3 is 1. The molecule has 5 rings (SSSR count). The average molecular weight is 828 g/mol. The summed E-state index contributed by atoms with van der Waals surface area (Å²) in [5.41, 5.74) is 3.68. The first-order valence-electron chi connectivity index (χ1n) is 20.1. The fourth-order valence-electron chi connectivity index (χ4n) is 7.96. The molecule has 0 heterocycles. The molecule has 4 aromatic carbocycles. The summed E-state index contributed by atoms with van der Waals surface area (Å²) in [5.74, 6) is 1.63. The van der Waals surface area contributed by atoms with E-state index in [1.165, 1.54) is 13.3 Å². The topological polar surface area (TPSA) is 137 Å². The second-order valence-corrected chi connectivity index (χ2v) is 18.0. The quantitative estimate of drug-likeness (QED) is 0.0318. The van der Waals surface area contributed by atoms with Gasteiger partial charge >= 0.3 is 27.0 Å². The minimum atomic E-state index is -2.70. The van der Waals surface area contributed by atoms with Crippen molar-refractivity contribution in [2.24, 2.45) is 0 Å². The molecule has 4 aromatic rings. The van der Waals surface area contributed by atoms with Gasteiger partial charge in [0, 0.05) is 51.7 Å². The van der Waals surface area contributed by atoms with Crippen molar-refractivity contribution in [2.45, 2.75) is 82.1 Å². The molecule has 13 heteroatoms. The molecule has 1 amide bonds. The number of nitrogens with one attached hydrogen (secondary N) is 1. The zero-order chi connectivity index (χ0) is 42.3. The van der Waals surface area contributed by atoms with Gasteiger partial charge in [-0.2, -0.15) is 0 Å². The summed E-state index contributed by atoms with van der Waals surface area (Å²) in [5, 5.41) is 2.78. The Balaban J connectivity index is 1.19. The van der Waals surface area contributed by atoms with E-state index in [1.54, 1.807) is 52.7 Å². The molecule has 1 unspecified atom stereocenters. The Morgan fingerprint density at radius 1 is 0.644 bits per heavy atom. The largest absolute Gasteiger partial charge is 0.519 e. The summed E-state index contributed by atoms with van der Waals surface area (Å²) < 4.78 is 43.7. The van der Waals surface area contributed by atoms with Crippen LogP contribution in [-0.4, -0.2) is 68.6 Å². The van der Waals surface area contributed by atoms with Crippen LogP contribution in [0.2, 0.25) is 6.04 Å². The van der Waals surface area contributed by atoms with Crippen molar-refractivity contribution in [1.82, 2.24) is 5.32 Å². The van der Waals surface area contributed by atoms with Gasteiger partial charge in [0.2, 0.25) is 0 Å². The molecule has 1 fully saturated rings. The van der Waals surface area contributed by atoms with E-state index in [0.717, 1.165) is 53.7 Å². The molecule has 0 aromatic heterocycles. The second kappa shape index (κ2) is 21.2. The number of esters is 1. The molecule has 0 aliphatic heterocycles. The fraction of sp³-hybridized carbons (Fsp3) is 0.413. The molecule has 1 saturated carbocycles. The van der Waals surface area contributed by atoms with Gasteiger partial charge in [0.25, 0.3) is 0 Å². The van der Waals surface area contributed by atoms with Crippen LogP contribution in [0, 0.1) is 0 Å². The van der Waals surface area contributed by atoms with Crippen molar-refractivity contribution < 1.29 is 51.3 Å². The normalized spacial score (nSPS) is 14.7. The summed E-state index contributed by atoms with van der Waals surface area (Å²) in [4.78, 5) is 36.8. The van der Waals surface area contributed by atoms with E-state index in [1.807, 2.05) is 72.8 Å². The summed E-state index contributed by atoms with van der Waals surface area (Å²) in [6.45, 7) is 4.16. The average Bonchev–Trinajstić information content (AvgIpc) is 3.26. The summed E-state index contributed by atoms with van der Waals surface area (Å²) in [7, 11) is 3.61. The fourth-order valence-corrected chi connectivity index (χ4v) is 9.68. The van der Waals surface area contributed by atoms with Crippen molar-refractivity contribution in [2.75, 3.05) is 41.6 Å². The number of carbonyl (C=O) groups excluding carboxylic acids is 3. The van der Waals surface area contributed by atoms with E-state index < -0.39 is 26.5 Å². The zero-order valence-electron chi connectivity index (χ0n) is 35.0. The lowest BCUT2D eigenvalue weighted by Crippen LogP contribution is -2.43. The highest BCUT2D eigenvalue weighted by Gasteiger charge is 2.37. The van der Waals surface area contributed by atoms with Gasteiger partial charge in [-0.3, -0.25) is 4.79 Å². The number of rotatable bonds is 19. The van der Waals surface area contributed by atoms with Crippen LogP contribution in [0.25, 0.3) is 0 Å². The minimum Gasteiger partial charge on any atom is -0.497 e. The molecule has 316 valence electrons. The van der Waals surface area contributed by atoms with Crippen molar-refractivity contribution in [3.05, 3.63) is 119 Å². The van der Waals surface area contributed by atoms with E-state index in [-0.39, 0.29) is 18.0 Å². The van der Waals surface area contributed by atoms with Crippen LogP contribution >= 0.6 is 0 Å². The van der Waals surface area contributed by atoms with Crippen molar-refractivity contribution in [3.63, 3.8) is 0 Å². The van der Waals surface area contributed by atoms with Crippen molar-refractivity contribution in [3.8, 4) is 23.0 Å². The number of amides is 1. The first-order chi connectivity index (χ1) is 28.5. The first kappa shape index (κ1) is 44.9. The molecular weight excluding hydrogens is 771 g/mol. The highest BCUT2D eigenvalue weighted by Crippen LogP contribution is 2.46. The third kappa shape index (κ3) is 11.7. The van der Waals surface area contributed by atoms with Gasteiger partial charge in [-0.1, -0.05) is 74.7 Å². The molecule has 0 radical (unpaired) electrons. The Morgan fingerprint density at radius 3 is 1.59 bits per heavy atom. The van der Waals surface area contributed by atoms with Crippen LogP contribution < -0.4 is 24.3 Å². The molecule has 1 N–H and O–H groups in total. The van der Waals surface area contributed by atoms with Gasteiger partial charge in [0.05, 0.1) is 13.7 Å². The number of alkyl carbamates (subject to hydrolysis) is 1. The van der Waals surface area contributed by atoms with Gasteiger partial charge in [-0.15, -0.1) is 0 Å². The number of hydrogen-bond donors (Lipinski definition) is 1. The second-order valence-electron chi connectivity index (χ2n) is 14.9. The van der Waals surface area contributed by atoms with E-state index in [9.17, 15) is 14.4 Å². The number of hydrogen-bond acceptors (Lipinski definition) is 11. The Morgan fingerprint density at radius 2 is 1.12 bits per heavy atom. The van der Waals surface area contributed by atoms with Gasteiger partial charge in [-0.25, -0.2) is 9.59 Å². The van der Waals surface area contributed by atoms with Gasteiger partial charge in [0.15, 0.2) is 0 Å². The Hall–Kier alpha value is -5.21. The summed E-state index contributed by atoms with van der Waals surface area (Å²) in [6, 6.07) is 31.2. The molecule has 0 saturated heterocycles. The Bertz CT molecular complexity index is 1930. The van der Waals surface area contributed by atoms with Crippen molar-refractivity contribution >= 4 is 27.0 Å². The monoisotopic (exact) mass is 827 g/mol. The highest BCUT2D eigenvalue weighted by molar-refractivity contribution is 6.60. The van der Waals surface area contributed by atoms with E-state index in [2.05, 4.69) is 12.2 Å². The van der Waals surface area contributed by atoms with E-state index >= 15 is 0 Å². The Kier molecular flexibility index (Phi) is 16.1. The van der Waals surface area contributed by atoms with Crippen LogP contribution in [0.3, 0.4) is 0 Å². The standard InChI is InChI=1S/C46H57NO11Si/c1-34(48)56-40-24-16-37(17-25-40)46(29-8-7-9-30-46)38-18-26-42(27-19-38)58-44(50)57-41-22-14-36(15-23-41)45(2,35-12-20-39(51-3)21-13-35)28-10-32-55-43(49)47-31-11-33-59(52-4,53-5)54-6/h12-27H,7-11,28-33H2,1-6H3,(H,47,49). The predicted molar refractivity (Wildman–Crippen MR) is 225 cm³/mol. The SMILES string of the molecule is COc1ccc(C(C)(CCCOC(=O)NCCC[Si](OC)(OC)OC)c2ccc(OC(=O)Oc3ccc(C4(c5ccc(OC(C)=O)cc5)CCCCC4)cc3)cc2)cc1. The third-order valence-corrected chi connectivity index (χ3v) is 14.2. The van der Waals surface area contributed by atoms with Gasteiger partial charge < -0.3 is 42.3 Å². The van der Waals surface area contributed by atoms with E-state index in [4.69, 9.17) is 37.0 Å². The number of carbonyl (C=O) groups is 3. The molecule has 12 nitrogen and oxygen atoms in total. The summed E-state index contributed by atoms with van der Waals surface area (Å²) >= 11 is 0. The number of benzene rings is 4. The smallest absolute Gasteiger partial charge is 0.497 e.